The molecule has 9 heteroatoms. The Kier molecular flexibility index (Phi) is 6.04. The maximum atomic E-state index is 12.0. The third-order valence-electron chi connectivity index (χ3n) is 3.67. The van der Waals surface area contributed by atoms with Crippen LogP contribution in [-0.4, -0.2) is 37.1 Å². The van der Waals surface area contributed by atoms with Gasteiger partial charge in [0.05, 0.1) is 6.33 Å². The molecule has 142 valence electrons. The van der Waals surface area contributed by atoms with Crippen LogP contribution in [0.3, 0.4) is 0 Å². The molecule has 2 rings (SSSR count). The van der Waals surface area contributed by atoms with E-state index in [0.717, 1.165) is 0 Å². The first kappa shape index (κ1) is 19.9. The number of aryl methyl sites for hydroxylation is 1. The van der Waals surface area contributed by atoms with E-state index in [-0.39, 0.29) is 23.5 Å². The van der Waals surface area contributed by atoms with Crippen molar-refractivity contribution in [3.8, 4) is 0 Å². The fraction of sp³-hybridized carbons (Fsp3) is 0.412. The van der Waals surface area contributed by atoms with E-state index in [4.69, 9.17) is 0 Å². The second-order valence-electron chi connectivity index (χ2n) is 6.98. The normalized spacial score (nSPS) is 12.0. The number of sulfonamides is 1. The number of rotatable bonds is 6. The predicted octanol–water partition coefficient (Wildman–Crippen LogP) is 1.82. The standard InChI is InChI=1S/C17H25N5O3S/c1-17(2,3)13-5-7-14(8-6-13)21-16(23)18-9-10-20-26(24,25)15-11-22(4)12-19-15/h5-8,11-12,20H,9-10H2,1-4H3,(H2,18,21,23). The number of hydrogen-bond donors (Lipinski definition) is 3. The van der Waals surface area contributed by atoms with Crippen LogP contribution in [0.2, 0.25) is 0 Å². The largest absolute Gasteiger partial charge is 0.339 e. The van der Waals surface area contributed by atoms with Crippen molar-refractivity contribution in [3.63, 3.8) is 0 Å². The minimum absolute atomic E-state index is 0.0472. The van der Waals surface area contributed by atoms with Gasteiger partial charge in [-0.1, -0.05) is 32.9 Å². The number of amides is 2. The van der Waals surface area contributed by atoms with Gasteiger partial charge in [-0.05, 0) is 23.1 Å². The average Bonchev–Trinajstić information content (AvgIpc) is 2.99. The summed E-state index contributed by atoms with van der Waals surface area (Å²) >= 11 is 0. The quantitative estimate of drug-likeness (QED) is 0.666. The molecule has 0 fully saturated rings. The monoisotopic (exact) mass is 379 g/mol. The zero-order chi connectivity index (χ0) is 19.4. The number of hydrogen-bond acceptors (Lipinski definition) is 4. The van der Waals surface area contributed by atoms with Gasteiger partial charge < -0.3 is 15.2 Å². The molecule has 3 N–H and O–H groups in total. The summed E-state index contributed by atoms with van der Waals surface area (Å²) in [5, 5.41) is 5.26. The first-order valence-corrected chi connectivity index (χ1v) is 9.69. The summed E-state index contributed by atoms with van der Waals surface area (Å²) in [5.41, 5.74) is 1.89. The Labute approximate surface area is 154 Å². The zero-order valence-corrected chi connectivity index (χ0v) is 16.2. The van der Waals surface area contributed by atoms with E-state index in [1.807, 2.05) is 24.3 Å². The number of nitrogens with zero attached hydrogens (tertiary/aromatic N) is 2. The number of carbonyl (C=O) groups excluding carboxylic acids is 1. The van der Waals surface area contributed by atoms with Crippen LogP contribution in [0.15, 0.2) is 41.8 Å². The smallest absolute Gasteiger partial charge is 0.319 e. The number of imidazole rings is 1. The molecule has 2 aromatic rings. The van der Waals surface area contributed by atoms with Crippen LogP contribution in [0.5, 0.6) is 0 Å². The van der Waals surface area contributed by atoms with E-state index in [1.54, 1.807) is 11.6 Å². The van der Waals surface area contributed by atoms with Gasteiger partial charge in [-0.3, -0.25) is 0 Å². The summed E-state index contributed by atoms with van der Waals surface area (Å²) in [6.45, 7) is 6.57. The molecule has 0 bridgehead atoms. The van der Waals surface area contributed by atoms with E-state index >= 15 is 0 Å². The molecule has 2 amide bonds. The lowest BCUT2D eigenvalue weighted by atomic mass is 9.87. The predicted molar refractivity (Wildman–Crippen MR) is 101 cm³/mol. The molecule has 0 saturated carbocycles. The van der Waals surface area contributed by atoms with Crippen LogP contribution in [0.25, 0.3) is 0 Å². The SMILES string of the molecule is Cn1cnc(S(=O)(=O)NCCNC(=O)Nc2ccc(C(C)(C)C)cc2)c1. The number of nitrogens with one attached hydrogen (secondary N) is 3. The van der Waals surface area contributed by atoms with E-state index in [0.29, 0.717) is 5.69 Å². The lowest BCUT2D eigenvalue weighted by Crippen LogP contribution is -2.36. The van der Waals surface area contributed by atoms with E-state index < -0.39 is 16.1 Å². The topological polar surface area (TPSA) is 105 Å². The maximum Gasteiger partial charge on any atom is 0.319 e. The number of urea groups is 1. The fourth-order valence-corrected chi connectivity index (χ4v) is 3.20. The van der Waals surface area contributed by atoms with Gasteiger partial charge in [-0.2, -0.15) is 0 Å². The molecule has 0 aliphatic carbocycles. The maximum absolute atomic E-state index is 12.0. The van der Waals surface area contributed by atoms with Crippen molar-refractivity contribution in [2.24, 2.45) is 7.05 Å². The van der Waals surface area contributed by atoms with Crippen molar-refractivity contribution in [3.05, 3.63) is 42.4 Å². The second kappa shape index (κ2) is 7.88. The van der Waals surface area contributed by atoms with E-state index in [2.05, 4.69) is 41.1 Å². The summed E-state index contributed by atoms with van der Waals surface area (Å²) < 4.78 is 27.9. The molecule has 0 saturated heterocycles. The highest BCUT2D eigenvalue weighted by atomic mass is 32.2. The minimum Gasteiger partial charge on any atom is -0.339 e. The van der Waals surface area contributed by atoms with Crippen molar-refractivity contribution in [1.82, 2.24) is 19.6 Å². The average molecular weight is 379 g/mol. The zero-order valence-electron chi connectivity index (χ0n) is 15.4. The van der Waals surface area contributed by atoms with Crippen molar-refractivity contribution in [2.45, 2.75) is 31.2 Å². The highest BCUT2D eigenvalue weighted by molar-refractivity contribution is 7.89. The Hall–Kier alpha value is -2.39. The Balaban J connectivity index is 1.77. The first-order valence-electron chi connectivity index (χ1n) is 8.21. The summed E-state index contributed by atoms with van der Waals surface area (Å²) in [6.07, 6.45) is 2.81. The minimum atomic E-state index is -3.67. The fourth-order valence-electron chi connectivity index (χ4n) is 2.19. The number of carbonyl (C=O) groups is 1. The van der Waals surface area contributed by atoms with E-state index in [9.17, 15) is 13.2 Å². The molecule has 26 heavy (non-hydrogen) atoms. The number of anilines is 1. The molecule has 0 unspecified atom stereocenters. The molecule has 8 nitrogen and oxygen atoms in total. The molecule has 0 atom stereocenters. The van der Waals surface area contributed by atoms with Crippen LogP contribution in [-0.2, 0) is 22.5 Å². The van der Waals surface area contributed by atoms with Crippen LogP contribution >= 0.6 is 0 Å². The van der Waals surface area contributed by atoms with Crippen LogP contribution < -0.4 is 15.4 Å². The summed E-state index contributed by atoms with van der Waals surface area (Å²) in [5.74, 6) is 0. The van der Waals surface area contributed by atoms with Crippen LogP contribution in [0, 0.1) is 0 Å². The molecule has 0 spiro atoms. The van der Waals surface area contributed by atoms with Crippen molar-refractivity contribution in [2.75, 3.05) is 18.4 Å². The molecule has 1 aromatic carbocycles. The van der Waals surface area contributed by atoms with Gasteiger partial charge in [-0.25, -0.2) is 22.9 Å². The van der Waals surface area contributed by atoms with Gasteiger partial charge in [0.1, 0.15) is 0 Å². The van der Waals surface area contributed by atoms with Gasteiger partial charge in [-0.15, -0.1) is 0 Å². The molecular formula is C17H25N5O3S. The van der Waals surface area contributed by atoms with Crippen molar-refractivity contribution >= 4 is 21.7 Å². The number of aromatic nitrogens is 2. The van der Waals surface area contributed by atoms with Crippen LogP contribution in [0.4, 0.5) is 10.5 Å². The molecular weight excluding hydrogens is 354 g/mol. The van der Waals surface area contributed by atoms with Gasteiger partial charge in [0.2, 0.25) is 0 Å². The molecule has 1 aromatic heterocycles. The van der Waals surface area contributed by atoms with Crippen molar-refractivity contribution < 1.29 is 13.2 Å². The third-order valence-corrected chi connectivity index (χ3v) is 5.01. The lowest BCUT2D eigenvalue weighted by Gasteiger charge is -2.19. The highest BCUT2D eigenvalue weighted by Crippen LogP contribution is 2.23. The molecule has 1 heterocycles. The lowest BCUT2D eigenvalue weighted by molar-refractivity contribution is 0.252. The van der Waals surface area contributed by atoms with Crippen molar-refractivity contribution in [1.29, 1.82) is 0 Å². The first-order chi connectivity index (χ1) is 12.1. The third kappa shape index (κ3) is 5.57. The highest BCUT2D eigenvalue weighted by Gasteiger charge is 2.16. The molecule has 0 radical (unpaired) electrons. The van der Waals surface area contributed by atoms with E-state index in [1.165, 1.54) is 18.1 Å². The van der Waals surface area contributed by atoms with Crippen LogP contribution in [0.1, 0.15) is 26.3 Å². The second-order valence-corrected chi connectivity index (χ2v) is 8.70. The summed E-state index contributed by atoms with van der Waals surface area (Å²) in [6, 6.07) is 7.21. The molecule has 0 aliphatic heterocycles. The van der Waals surface area contributed by atoms with Gasteiger partial charge in [0.15, 0.2) is 5.03 Å². The van der Waals surface area contributed by atoms with Gasteiger partial charge in [0, 0.05) is 32.0 Å². The Morgan fingerprint density at radius 3 is 2.35 bits per heavy atom. The van der Waals surface area contributed by atoms with Gasteiger partial charge >= 0.3 is 6.03 Å². The number of benzene rings is 1. The van der Waals surface area contributed by atoms with Gasteiger partial charge in [0.25, 0.3) is 10.0 Å². The Bertz CT molecular complexity index is 851. The Morgan fingerprint density at radius 1 is 1.15 bits per heavy atom. The summed E-state index contributed by atoms with van der Waals surface area (Å²) in [4.78, 5) is 15.7. The summed E-state index contributed by atoms with van der Waals surface area (Å²) in [7, 11) is -1.98. The Morgan fingerprint density at radius 2 is 1.81 bits per heavy atom. The molecule has 0 aliphatic rings.